The number of benzene rings is 1. The largest absolute Gasteiger partial charge is 0.481 e. The number of hydrogen-bond donors (Lipinski definition) is 2. The van der Waals surface area contributed by atoms with Gasteiger partial charge in [0.25, 0.3) is 0 Å². The second-order valence-electron chi connectivity index (χ2n) is 7.28. The highest BCUT2D eigenvalue weighted by molar-refractivity contribution is 5.84. The molecule has 6 heteroatoms. The average molecular weight is 374 g/mol. The number of carboxylic acid groups (broad SMARTS) is 1. The fourth-order valence-electron chi connectivity index (χ4n) is 3.53. The van der Waals surface area contributed by atoms with Crippen LogP contribution in [0.15, 0.2) is 30.3 Å². The Morgan fingerprint density at radius 2 is 1.78 bits per heavy atom. The summed E-state index contributed by atoms with van der Waals surface area (Å²) >= 11 is 0. The number of hydrogen-bond acceptors (Lipinski definition) is 3. The Bertz CT molecular complexity index is 612. The van der Waals surface area contributed by atoms with Crippen LogP contribution in [0, 0.1) is 5.92 Å². The first kappa shape index (κ1) is 20.9. The van der Waals surface area contributed by atoms with E-state index in [1.54, 1.807) is 4.90 Å². The Morgan fingerprint density at radius 3 is 2.44 bits per heavy atom. The van der Waals surface area contributed by atoms with Gasteiger partial charge in [-0.3, -0.25) is 14.4 Å². The second-order valence-corrected chi connectivity index (χ2v) is 7.28. The number of aliphatic carboxylic acids is 1. The van der Waals surface area contributed by atoms with Crippen LogP contribution in [0.25, 0.3) is 0 Å². The number of amides is 2. The van der Waals surface area contributed by atoms with Gasteiger partial charge in [-0.25, -0.2) is 0 Å². The topological polar surface area (TPSA) is 86.7 Å². The zero-order chi connectivity index (χ0) is 19.5. The standard InChI is InChI=1S/C21H30N2O4/c24-19(14-17-8-3-1-4-9-17)22-15-20(25)23(13-7-12-21(26)27)16-18-10-5-2-6-11-18/h2,5-6,10-11,17H,1,3-4,7-9,12-16H2,(H,22,24)(H,26,27). The van der Waals surface area contributed by atoms with Crippen molar-refractivity contribution in [3.8, 4) is 0 Å². The number of nitrogens with one attached hydrogen (secondary N) is 1. The quantitative estimate of drug-likeness (QED) is 0.659. The van der Waals surface area contributed by atoms with E-state index in [-0.39, 0.29) is 24.8 Å². The molecule has 1 aliphatic rings. The van der Waals surface area contributed by atoms with Crippen molar-refractivity contribution < 1.29 is 19.5 Å². The fraction of sp³-hybridized carbons (Fsp3) is 0.571. The molecular weight excluding hydrogens is 344 g/mol. The summed E-state index contributed by atoms with van der Waals surface area (Å²) in [5.74, 6) is -0.686. The molecule has 1 saturated carbocycles. The highest BCUT2D eigenvalue weighted by Crippen LogP contribution is 2.26. The van der Waals surface area contributed by atoms with Gasteiger partial charge in [0.05, 0.1) is 6.54 Å². The first-order valence-electron chi connectivity index (χ1n) is 9.85. The van der Waals surface area contributed by atoms with Gasteiger partial charge in [-0.1, -0.05) is 49.6 Å². The molecule has 27 heavy (non-hydrogen) atoms. The van der Waals surface area contributed by atoms with E-state index in [9.17, 15) is 14.4 Å². The summed E-state index contributed by atoms with van der Waals surface area (Å²) < 4.78 is 0. The van der Waals surface area contributed by atoms with Crippen molar-refractivity contribution in [1.29, 1.82) is 0 Å². The summed E-state index contributed by atoms with van der Waals surface area (Å²) in [6, 6.07) is 9.58. The molecule has 0 heterocycles. The van der Waals surface area contributed by atoms with E-state index in [0.717, 1.165) is 18.4 Å². The van der Waals surface area contributed by atoms with E-state index >= 15 is 0 Å². The third-order valence-corrected chi connectivity index (χ3v) is 5.02. The highest BCUT2D eigenvalue weighted by Gasteiger charge is 2.19. The van der Waals surface area contributed by atoms with Crippen LogP contribution in [-0.4, -0.2) is 40.9 Å². The van der Waals surface area contributed by atoms with Crippen LogP contribution >= 0.6 is 0 Å². The molecule has 0 radical (unpaired) electrons. The van der Waals surface area contributed by atoms with E-state index in [1.165, 1.54) is 19.3 Å². The highest BCUT2D eigenvalue weighted by atomic mass is 16.4. The maximum atomic E-state index is 12.6. The summed E-state index contributed by atoms with van der Waals surface area (Å²) in [7, 11) is 0. The second kappa shape index (κ2) is 11.4. The molecule has 0 aromatic heterocycles. The maximum Gasteiger partial charge on any atom is 0.303 e. The average Bonchev–Trinajstić information content (AvgIpc) is 2.66. The lowest BCUT2D eigenvalue weighted by Crippen LogP contribution is -2.40. The molecule has 0 atom stereocenters. The van der Waals surface area contributed by atoms with Crippen LogP contribution in [0.1, 0.15) is 56.9 Å². The Kier molecular flexibility index (Phi) is 8.81. The molecule has 2 amide bonds. The van der Waals surface area contributed by atoms with Crippen LogP contribution in [0.5, 0.6) is 0 Å². The van der Waals surface area contributed by atoms with Gasteiger partial charge in [0, 0.05) is 25.9 Å². The smallest absolute Gasteiger partial charge is 0.303 e. The van der Waals surface area contributed by atoms with Crippen molar-refractivity contribution in [2.75, 3.05) is 13.1 Å². The Balaban J connectivity index is 1.83. The lowest BCUT2D eigenvalue weighted by atomic mass is 9.87. The maximum absolute atomic E-state index is 12.6. The monoisotopic (exact) mass is 374 g/mol. The minimum Gasteiger partial charge on any atom is -0.481 e. The number of carbonyl (C=O) groups is 3. The summed E-state index contributed by atoms with van der Waals surface area (Å²) in [5, 5.41) is 11.6. The molecule has 1 fully saturated rings. The molecule has 0 spiro atoms. The zero-order valence-electron chi connectivity index (χ0n) is 15.9. The summed E-state index contributed by atoms with van der Waals surface area (Å²) in [5.41, 5.74) is 0.981. The zero-order valence-corrected chi connectivity index (χ0v) is 15.9. The molecular formula is C21H30N2O4. The van der Waals surface area contributed by atoms with Crippen LogP contribution in [0.3, 0.4) is 0 Å². The Labute approximate surface area is 160 Å². The van der Waals surface area contributed by atoms with Gasteiger partial charge in [0.15, 0.2) is 0 Å². The molecule has 0 bridgehead atoms. The van der Waals surface area contributed by atoms with Crippen molar-refractivity contribution in [1.82, 2.24) is 10.2 Å². The van der Waals surface area contributed by atoms with Gasteiger partial charge < -0.3 is 15.3 Å². The third-order valence-electron chi connectivity index (χ3n) is 5.02. The number of carboxylic acids is 1. The predicted octanol–water partition coefficient (Wildman–Crippen LogP) is 2.97. The van der Waals surface area contributed by atoms with Gasteiger partial charge in [-0.2, -0.15) is 0 Å². The van der Waals surface area contributed by atoms with Gasteiger partial charge >= 0.3 is 5.97 Å². The Hall–Kier alpha value is -2.37. The molecule has 148 valence electrons. The van der Waals surface area contributed by atoms with Crippen LogP contribution in [-0.2, 0) is 20.9 Å². The lowest BCUT2D eigenvalue weighted by Gasteiger charge is -2.24. The molecule has 2 rings (SSSR count). The van der Waals surface area contributed by atoms with E-state index in [4.69, 9.17) is 5.11 Å². The lowest BCUT2D eigenvalue weighted by molar-refractivity contribution is -0.138. The normalized spacial score (nSPS) is 14.5. The van der Waals surface area contributed by atoms with Gasteiger partial charge in [-0.05, 0) is 30.7 Å². The van der Waals surface area contributed by atoms with E-state index in [2.05, 4.69) is 5.32 Å². The Morgan fingerprint density at radius 1 is 1.07 bits per heavy atom. The minimum atomic E-state index is -0.872. The molecule has 1 aromatic rings. The fourth-order valence-corrected chi connectivity index (χ4v) is 3.53. The van der Waals surface area contributed by atoms with Crippen molar-refractivity contribution in [3.05, 3.63) is 35.9 Å². The van der Waals surface area contributed by atoms with Gasteiger partial charge in [0.2, 0.25) is 11.8 Å². The number of carbonyl (C=O) groups excluding carboxylic acids is 2. The summed E-state index contributed by atoms with van der Waals surface area (Å²) in [6.45, 7) is 0.738. The van der Waals surface area contributed by atoms with Gasteiger partial charge in [0.1, 0.15) is 0 Å². The first-order valence-corrected chi connectivity index (χ1v) is 9.85. The summed E-state index contributed by atoms with van der Waals surface area (Å²) in [6.07, 6.45) is 6.72. The van der Waals surface area contributed by atoms with Crippen LogP contribution < -0.4 is 5.32 Å². The van der Waals surface area contributed by atoms with E-state index < -0.39 is 5.97 Å². The van der Waals surface area contributed by atoms with Crippen molar-refractivity contribution >= 4 is 17.8 Å². The summed E-state index contributed by atoms with van der Waals surface area (Å²) in [4.78, 5) is 37.1. The number of rotatable bonds is 10. The van der Waals surface area contributed by atoms with E-state index in [0.29, 0.717) is 31.8 Å². The van der Waals surface area contributed by atoms with Crippen LogP contribution in [0.4, 0.5) is 0 Å². The molecule has 0 aliphatic heterocycles. The molecule has 6 nitrogen and oxygen atoms in total. The molecule has 0 unspecified atom stereocenters. The van der Waals surface area contributed by atoms with Crippen molar-refractivity contribution in [2.45, 2.75) is 57.9 Å². The molecule has 1 aliphatic carbocycles. The minimum absolute atomic E-state index is 0.0204. The molecule has 2 N–H and O–H groups in total. The number of nitrogens with zero attached hydrogens (tertiary/aromatic N) is 1. The van der Waals surface area contributed by atoms with E-state index in [1.807, 2.05) is 30.3 Å². The van der Waals surface area contributed by atoms with Gasteiger partial charge in [-0.15, -0.1) is 0 Å². The SMILES string of the molecule is O=C(O)CCCN(Cc1ccccc1)C(=O)CNC(=O)CC1CCCCC1. The molecule has 1 aromatic carbocycles. The first-order chi connectivity index (χ1) is 13.0. The molecule has 0 saturated heterocycles. The van der Waals surface area contributed by atoms with Crippen LogP contribution in [0.2, 0.25) is 0 Å². The third kappa shape index (κ3) is 8.24. The van der Waals surface area contributed by atoms with Crippen molar-refractivity contribution in [2.24, 2.45) is 5.92 Å². The van der Waals surface area contributed by atoms with Crippen molar-refractivity contribution in [3.63, 3.8) is 0 Å². The predicted molar refractivity (Wildman–Crippen MR) is 103 cm³/mol.